The Labute approximate surface area is 145 Å². The maximum atomic E-state index is 5.54. The van der Waals surface area contributed by atoms with Crippen molar-refractivity contribution in [2.75, 3.05) is 28.4 Å². The quantitative estimate of drug-likeness (QED) is 0.731. The monoisotopic (exact) mass is 380 g/mol. The maximum absolute atomic E-state index is 5.54. The largest absolute Gasteiger partial charge is 0.497 e. The summed E-state index contributed by atoms with van der Waals surface area (Å²) in [5.41, 5.74) is 2.10. The van der Waals surface area contributed by atoms with Crippen LogP contribution >= 0.6 is 15.9 Å². The molecule has 2 aromatic carbocycles. The van der Waals surface area contributed by atoms with Gasteiger partial charge < -0.3 is 18.9 Å². The molecule has 2 aromatic rings. The molecule has 0 amide bonds. The van der Waals surface area contributed by atoms with E-state index in [0.717, 1.165) is 38.6 Å². The molecule has 4 nitrogen and oxygen atoms in total. The van der Waals surface area contributed by atoms with Crippen LogP contribution in [-0.4, -0.2) is 28.4 Å². The van der Waals surface area contributed by atoms with Gasteiger partial charge in [0.1, 0.15) is 23.0 Å². The highest BCUT2D eigenvalue weighted by Crippen LogP contribution is 2.41. The third kappa shape index (κ3) is 3.55. The maximum Gasteiger partial charge on any atom is 0.136 e. The molecule has 0 aliphatic rings. The normalized spacial score (nSPS) is 11.7. The molecule has 0 spiro atoms. The molecule has 0 aliphatic heterocycles. The molecule has 0 aliphatic carbocycles. The minimum absolute atomic E-state index is 0.0769. The van der Waals surface area contributed by atoms with Crippen molar-refractivity contribution >= 4 is 15.9 Å². The molecule has 0 saturated carbocycles. The van der Waals surface area contributed by atoms with Crippen LogP contribution < -0.4 is 18.9 Å². The molecule has 1 unspecified atom stereocenters. The fraction of sp³-hybridized carbons (Fsp3) is 0.333. The van der Waals surface area contributed by atoms with E-state index in [1.54, 1.807) is 28.4 Å². The molecule has 124 valence electrons. The molecule has 0 saturated heterocycles. The summed E-state index contributed by atoms with van der Waals surface area (Å²) in [6.07, 6.45) is 0. The molecular weight excluding hydrogens is 360 g/mol. The third-order valence-corrected chi connectivity index (χ3v) is 4.50. The van der Waals surface area contributed by atoms with Gasteiger partial charge in [-0.1, -0.05) is 13.0 Å². The topological polar surface area (TPSA) is 36.9 Å². The first-order valence-corrected chi connectivity index (χ1v) is 7.98. The zero-order chi connectivity index (χ0) is 17.0. The van der Waals surface area contributed by atoms with E-state index in [2.05, 4.69) is 22.9 Å². The minimum atomic E-state index is 0.0769. The molecule has 5 heteroatoms. The van der Waals surface area contributed by atoms with Crippen molar-refractivity contribution < 1.29 is 18.9 Å². The lowest BCUT2D eigenvalue weighted by Gasteiger charge is -2.20. The second-order valence-corrected chi connectivity index (χ2v) is 5.91. The van der Waals surface area contributed by atoms with Crippen LogP contribution in [0, 0.1) is 0 Å². The number of ether oxygens (including phenoxy) is 4. The highest BCUT2D eigenvalue weighted by Gasteiger charge is 2.20. The lowest BCUT2D eigenvalue weighted by molar-refractivity contribution is 0.384. The zero-order valence-electron chi connectivity index (χ0n) is 14.0. The van der Waals surface area contributed by atoms with Gasteiger partial charge in [0.2, 0.25) is 0 Å². The van der Waals surface area contributed by atoms with Gasteiger partial charge in [0.25, 0.3) is 0 Å². The molecule has 0 aromatic heterocycles. The first-order valence-electron chi connectivity index (χ1n) is 7.19. The molecular formula is C18H21BrO4. The van der Waals surface area contributed by atoms with E-state index in [-0.39, 0.29) is 5.92 Å². The van der Waals surface area contributed by atoms with Crippen molar-refractivity contribution in [1.82, 2.24) is 0 Å². The van der Waals surface area contributed by atoms with Gasteiger partial charge >= 0.3 is 0 Å². The van der Waals surface area contributed by atoms with E-state index < -0.39 is 0 Å². The third-order valence-electron chi connectivity index (χ3n) is 3.88. The van der Waals surface area contributed by atoms with Crippen molar-refractivity contribution in [2.45, 2.75) is 12.8 Å². The Morgan fingerprint density at radius 2 is 1.35 bits per heavy atom. The highest BCUT2D eigenvalue weighted by atomic mass is 79.9. The summed E-state index contributed by atoms with van der Waals surface area (Å²) in [6, 6.07) is 9.73. The number of hydrogen-bond acceptors (Lipinski definition) is 4. The fourth-order valence-electron chi connectivity index (χ4n) is 2.57. The zero-order valence-corrected chi connectivity index (χ0v) is 15.6. The van der Waals surface area contributed by atoms with Gasteiger partial charge in [0.05, 0.1) is 32.9 Å². The number of hydrogen-bond donors (Lipinski definition) is 0. The molecule has 23 heavy (non-hydrogen) atoms. The Hall–Kier alpha value is -1.88. The Morgan fingerprint density at radius 3 is 1.91 bits per heavy atom. The highest BCUT2D eigenvalue weighted by molar-refractivity contribution is 9.10. The number of methoxy groups -OCH3 is 4. The molecule has 0 N–H and O–H groups in total. The second-order valence-electron chi connectivity index (χ2n) is 5.06. The first kappa shape index (κ1) is 17.5. The molecule has 0 bridgehead atoms. The van der Waals surface area contributed by atoms with Crippen LogP contribution in [0.1, 0.15) is 24.0 Å². The van der Waals surface area contributed by atoms with Crippen molar-refractivity contribution in [1.29, 1.82) is 0 Å². The summed E-state index contributed by atoms with van der Waals surface area (Å²) in [7, 11) is 6.59. The van der Waals surface area contributed by atoms with Gasteiger partial charge in [0, 0.05) is 29.2 Å². The molecule has 0 heterocycles. The van der Waals surface area contributed by atoms with Crippen LogP contribution in [0.15, 0.2) is 34.8 Å². The van der Waals surface area contributed by atoms with Crippen LogP contribution in [-0.2, 0) is 0 Å². The minimum Gasteiger partial charge on any atom is -0.497 e. The molecule has 2 rings (SSSR count). The lowest BCUT2D eigenvalue weighted by Crippen LogP contribution is -2.03. The second kappa shape index (κ2) is 7.59. The van der Waals surface area contributed by atoms with Crippen LogP contribution in [0.25, 0.3) is 0 Å². The van der Waals surface area contributed by atoms with Crippen molar-refractivity contribution in [3.63, 3.8) is 0 Å². The van der Waals surface area contributed by atoms with E-state index in [0.29, 0.717) is 0 Å². The summed E-state index contributed by atoms with van der Waals surface area (Å²) in [6.45, 7) is 2.11. The summed E-state index contributed by atoms with van der Waals surface area (Å²) < 4.78 is 22.5. The Balaban J connectivity index is 2.52. The van der Waals surface area contributed by atoms with Gasteiger partial charge in [-0.2, -0.15) is 0 Å². The van der Waals surface area contributed by atoms with Crippen LogP contribution in [0.2, 0.25) is 0 Å². The van der Waals surface area contributed by atoms with Gasteiger partial charge in [0.15, 0.2) is 0 Å². The van der Waals surface area contributed by atoms with Gasteiger partial charge in [-0.25, -0.2) is 0 Å². The van der Waals surface area contributed by atoms with E-state index >= 15 is 0 Å². The molecule has 0 fully saturated rings. The summed E-state index contributed by atoms with van der Waals surface area (Å²) >= 11 is 3.54. The van der Waals surface area contributed by atoms with Crippen molar-refractivity contribution in [3.8, 4) is 23.0 Å². The van der Waals surface area contributed by atoms with E-state index in [4.69, 9.17) is 18.9 Å². The molecule has 0 radical (unpaired) electrons. The summed E-state index contributed by atoms with van der Waals surface area (Å²) in [4.78, 5) is 0. The van der Waals surface area contributed by atoms with Crippen molar-refractivity contribution in [3.05, 3.63) is 45.9 Å². The van der Waals surface area contributed by atoms with E-state index in [1.807, 2.05) is 30.3 Å². The Bertz CT molecular complexity index is 685. The van der Waals surface area contributed by atoms with E-state index in [9.17, 15) is 0 Å². The first-order chi connectivity index (χ1) is 11.0. The SMILES string of the molecule is COc1ccc(C(C)c2cc(Br)c(OC)cc2OC)c(OC)c1. The smallest absolute Gasteiger partial charge is 0.136 e. The summed E-state index contributed by atoms with van der Waals surface area (Å²) in [5, 5.41) is 0. The van der Waals surface area contributed by atoms with Crippen molar-refractivity contribution in [2.24, 2.45) is 0 Å². The number of benzene rings is 2. The average molecular weight is 381 g/mol. The standard InChI is InChI=1S/C18H21BrO4/c1-11(13-7-6-12(20-2)8-16(13)21-3)14-9-15(19)18(23-5)10-17(14)22-4/h6-11H,1-5H3. The van der Waals surface area contributed by atoms with E-state index in [1.165, 1.54) is 0 Å². The lowest BCUT2D eigenvalue weighted by atomic mass is 9.91. The predicted molar refractivity (Wildman–Crippen MR) is 94.3 cm³/mol. The number of rotatable bonds is 6. The van der Waals surface area contributed by atoms with Gasteiger partial charge in [-0.15, -0.1) is 0 Å². The summed E-state index contributed by atoms with van der Waals surface area (Å²) in [5.74, 6) is 3.13. The fourth-order valence-corrected chi connectivity index (χ4v) is 3.09. The average Bonchev–Trinajstić information content (AvgIpc) is 2.60. The Kier molecular flexibility index (Phi) is 5.77. The predicted octanol–water partition coefficient (Wildman–Crippen LogP) is 4.64. The van der Waals surface area contributed by atoms with Gasteiger partial charge in [-0.3, -0.25) is 0 Å². The molecule has 1 atom stereocenters. The van der Waals surface area contributed by atoms with Crippen LogP contribution in [0.3, 0.4) is 0 Å². The van der Waals surface area contributed by atoms with Gasteiger partial charge in [-0.05, 0) is 28.1 Å². The van der Waals surface area contributed by atoms with Crippen LogP contribution in [0.5, 0.6) is 23.0 Å². The Morgan fingerprint density at radius 1 is 0.739 bits per heavy atom. The number of halogens is 1. The van der Waals surface area contributed by atoms with Crippen LogP contribution in [0.4, 0.5) is 0 Å².